The molecule has 6 heteroatoms. The van der Waals surface area contributed by atoms with Gasteiger partial charge < -0.3 is 4.42 Å². The Balaban J connectivity index is 1.67. The number of thiazole rings is 1. The highest BCUT2D eigenvalue weighted by Gasteiger charge is 2.16. The molecule has 0 aliphatic rings. The number of hydrogen-bond acceptors (Lipinski definition) is 6. The summed E-state index contributed by atoms with van der Waals surface area (Å²) in [5.74, 6) is 0. The summed E-state index contributed by atoms with van der Waals surface area (Å²) in [6.45, 7) is 1.99. The lowest BCUT2D eigenvalue weighted by Gasteiger charge is -2.04. The molecule has 5 aromatic rings. The number of anilines is 1. The third-order valence-electron chi connectivity index (χ3n) is 4.60. The average Bonchev–Trinajstić information content (AvgIpc) is 3.20. The Bertz CT molecular complexity index is 1380. The minimum Gasteiger partial charge on any atom is -0.434 e. The van der Waals surface area contributed by atoms with E-state index in [-0.39, 0.29) is 0 Å². The van der Waals surface area contributed by atoms with Gasteiger partial charge in [-0.05, 0) is 31.2 Å². The van der Waals surface area contributed by atoms with Crippen molar-refractivity contribution in [2.75, 3.05) is 5.43 Å². The second-order valence-electron chi connectivity index (χ2n) is 6.72. The second-order valence-corrected chi connectivity index (χ2v) is 7.72. The second kappa shape index (κ2) is 7.93. The highest BCUT2D eigenvalue weighted by Crippen LogP contribution is 2.33. The van der Waals surface area contributed by atoms with Crippen LogP contribution >= 0.6 is 11.3 Å². The molecule has 0 saturated carbocycles. The van der Waals surface area contributed by atoms with Gasteiger partial charge in [-0.1, -0.05) is 60.7 Å². The molecule has 0 aliphatic heterocycles. The van der Waals surface area contributed by atoms with Crippen LogP contribution in [0.3, 0.4) is 0 Å². The van der Waals surface area contributed by atoms with Crippen molar-refractivity contribution < 1.29 is 4.42 Å². The van der Waals surface area contributed by atoms with E-state index >= 15 is 0 Å². The summed E-state index contributed by atoms with van der Waals surface area (Å²) in [6, 6.07) is 27.6. The first-order valence-electron chi connectivity index (χ1n) is 9.56. The van der Waals surface area contributed by atoms with Gasteiger partial charge >= 0.3 is 0 Å². The fraction of sp³-hybridized carbons (Fsp3) is 0.0417. The average molecular weight is 411 g/mol. The molecule has 0 aliphatic carbocycles. The smallest absolute Gasteiger partial charge is 0.264 e. The summed E-state index contributed by atoms with van der Waals surface area (Å²) in [7, 11) is 0. The summed E-state index contributed by atoms with van der Waals surface area (Å²) in [6.07, 6.45) is 0. The highest BCUT2D eigenvalue weighted by molar-refractivity contribution is 7.18. The van der Waals surface area contributed by atoms with Gasteiger partial charge in [-0.3, -0.25) is 5.43 Å². The minimum atomic E-state index is 0.420. The fourth-order valence-corrected chi connectivity index (χ4v) is 4.18. The van der Waals surface area contributed by atoms with Crippen LogP contribution in [0.2, 0.25) is 0 Å². The van der Waals surface area contributed by atoms with Crippen molar-refractivity contribution in [3.63, 3.8) is 0 Å². The summed E-state index contributed by atoms with van der Waals surface area (Å²) >= 11 is 1.59. The Morgan fingerprint density at radius 3 is 2.33 bits per heavy atom. The number of nitrogens with zero attached hydrogens (tertiary/aromatic N) is 3. The van der Waals surface area contributed by atoms with E-state index in [0.29, 0.717) is 16.8 Å². The van der Waals surface area contributed by atoms with Crippen molar-refractivity contribution in [1.82, 2.24) is 9.97 Å². The first-order chi connectivity index (χ1) is 14.8. The molecule has 0 bridgehead atoms. The number of nitrogens with one attached hydrogen (secondary N) is 1. The van der Waals surface area contributed by atoms with Gasteiger partial charge in [0.15, 0.2) is 5.58 Å². The zero-order valence-electron chi connectivity index (χ0n) is 16.2. The Morgan fingerprint density at radius 1 is 0.833 bits per heavy atom. The Kier molecular flexibility index (Phi) is 4.83. The summed E-state index contributed by atoms with van der Waals surface area (Å²) in [5.41, 5.74) is 8.47. The first kappa shape index (κ1) is 18.3. The monoisotopic (exact) mass is 410 g/mol. The number of aryl methyl sites for hydroxylation is 1. The number of rotatable bonds is 4. The van der Waals surface area contributed by atoms with Gasteiger partial charge in [-0.2, -0.15) is 0 Å². The summed E-state index contributed by atoms with van der Waals surface area (Å²) in [5, 5.41) is 5.47. The van der Waals surface area contributed by atoms with E-state index in [1.54, 1.807) is 11.3 Å². The summed E-state index contributed by atoms with van der Waals surface area (Å²) < 4.78 is 6.13. The van der Waals surface area contributed by atoms with E-state index in [4.69, 9.17) is 14.4 Å². The predicted octanol–water partition coefficient (Wildman–Crippen LogP) is 5.85. The molecule has 0 fully saturated rings. The lowest BCUT2D eigenvalue weighted by atomic mass is 10.2. The number of para-hydroxylation sites is 3. The third-order valence-corrected chi connectivity index (χ3v) is 5.81. The molecule has 0 spiro atoms. The maximum absolute atomic E-state index is 6.13. The molecule has 0 atom stereocenters. The topological polar surface area (TPSA) is 63.3 Å². The van der Waals surface area contributed by atoms with Crippen molar-refractivity contribution in [2.45, 2.75) is 6.92 Å². The molecule has 2 aromatic heterocycles. The maximum Gasteiger partial charge on any atom is 0.264 e. The van der Waals surface area contributed by atoms with Crippen molar-refractivity contribution in [2.24, 2.45) is 5.10 Å². The number of fused-ring (bicyclic) bond motifs is 1. The zero-order valence-corrected chi connectivity index (χ0v) is 17.1. The van der Waals surface area contributed by atoms with Gasteiger partial charge in [0.1, 0.15) is 16.2 Å². The SMILES string of the molecule is Cc1nc(-c2ccccc2)sc1-c1nc2ccccc2o/c1=N/Nc1ccccc1. The fourth-order valence-electron chi connectivity index (χ4n) is 3.13. The van der Waals surface area contributed by atoms with E-state index < -0.39 is 0 Å². The van der Waals surface area contributed by atoms with E-state index in [1.165, 1.54) is 0 Å². The van der Waals surface area contributed by atoms with Gasteiger partial charge in [-0.25, -0.2) is 9.97 Å². The van der Waals surface area contributed by atoms with Crippen LogP contribution in [0, 0.1) is 6.92 Å². The lowest BCUT2D eigenvalue weighted by molar-refractivity contribution is 0.538. The van der Waals surface area contributed by atoms with E-state index in [9.17, 15) is 0 Å². The van der Waals surface area contributed by atoms with Crippen LogP contribution in [0.25, 0.3) is 32.2 Å². The molecule has 1 N–H and O–H groups in total. The van der Waals surface area contributed by atoms with Crippen LogP contribution < -0.4 is 11.0 Å². The molecule has 5 nitrogen and oxygen atoms in total. The number of hydrogen-bond donors (Lipinski definition) is 1. The van der Waals surface area contributed by atoms with Crippen LogP contribution in [0.15, 0.2) is 94.4 Å². The molecule has 5 rings (SSSR count). The quantitative estimate of drug-likeness (QED) is 0.377. The molecule has 30 heavy (non-hydrogen) atoms. The molecule has 0 radical (unpaired) electrons. The largest absolute Gasteiger partial charge is 0.434 e. The molecular formula is C24H18N4OS. The van der Waals surface area contributed by atoms with Gasteiger partial charge in [0, 0.05) is 5.56 Å². The maximum atomic E-state index is 6.13. The van der Waals surface area contributed by atoms with Crippen molar-refractivity contribution in [3.8, 4) is 21.1 Å². The Hall–Kier alpha value is -3.77. The molecule has 2 heterocycles. The third kappa shape index (κ3) is 3.60. The predicted molar refractivity (Wildman–Crippen MR) is 121 cm³/mol. The molecule has 3 aromatic carbocycles. The van der Waals surface area contributed by atoms with Gasteiger partial charge in [0.2, 0.25) is 0 Å². The standard InChI is InChI=1S/C24H18N4OS/c1-16-22(30-24(25-16)17-10-4-2-5-11-17)21-23(28-27-18-12-6-3-7-13-18)29-20-15-9-8-14-19(20)26-21/h2-15,27H,1H3/b28-23+. The lowest BCUT2D eigenvalue weighted by Crippen LogP contribution is -2.11. The van der Waals surface area contributed by atoms with E-state index in [0.717, 1.165) is 32.3 Å². The van der Waals surface area contributed by atoms with Crippen LogP contribution in [0.1, 0.15) is 5.69 Å². The number of benzene rings is 3. The number of aromatic nitrogens is 2. The van der Waals surface area contributed by atoms with Gasteiger partial charge in [0.25, 0.3) is 5.55 Å². The molecule has 0 amide bonds. The molecular weight excluding hydrogens is 392 g/mol. The van der Waals surface area contributed by atoms with Crippen molar-refractivity contribution in [1.29, 1.82) is 0 Å². The van der Waals surface area contributed by atoms with E-state index in [1.807, 2.05) is 79.7 Å². The van der Waals surface area contributed by atoms with Crippen LogP contribution in [-0.4, -0.2) is 9.97 Å². The molecule has 146 valence electrons. The minimum absolute atomic E-state index is 0.420. The van der Waals surface area contributed by atoms with E-state index in [2.05, 4.69) is 22.7 Å². The Labute approximate surface area is 177 Å². The summed E-state index contributed by atoms with van der Waals surface area (Å²) in [4.78, 5) is 10.6. The Morgan fingerprint density at radius 2 is 1.53 bits per heavy atom. The van der Waals surface area contributed by atoms with Gasteiger partial charge in [0.05, 0.1) is 16.3 Å². The zero-order chi connectivity index (χ0) is 20.3. The van der Waals surface area contributed by atoms with Crippen LogP contribution in [-0.2, 0) is 0 Å². The van der Waals surface area contributed by atoms with Crippen LogP contribution in [0.4, 0.5) is 5.69 Å². The van der Waals surface area contributed by atoms with Crippen LogP contribution in [0.5, 0.6) is 0 Å². The molecule has 0 unspecified atom stereocenters. The first-order valence-corrected chi connectivity index (χ1v) is 10.4. The van der Waals surface area contributed by atoms with Crippen molar-refractivity contribution in [3.05, 3.63) is 96.2 Å². The highest BCUT2D eigenvalue weighted by atomic mass is 32.1. The molecule has 0 saturated heterocycles. The normalized spacial score (nSPS) is 11.7. The van der Waals surface area contributed by atoms with Crippen molar-refractivity contribution >= 4 is 28.1 Å². The van der Waals surface area contributed by atoms with Gasteiger partial charge in [-0.15, -0.1) is 16.4 Å².